The number of aromatic amines is 1. The molecule has 31 heavy (non-hydrogen) atoms. The minimum Gasteiger partial charge on any atom is -0.388 e. The van der Waals surface area contributed by atoms with Crippen LogP contribution in [0.1, 0.15) is 23.2 Å². The van der Waals surface area contributed by atoms with Gasteiger partial charge in [-0.3, -0.25) is 0 Å². The van der Waals surface area contributed by atoms with E-state index in [1.165, 1.54) is 23.5 Å². The van der Waals surface area contributed by atoms with Crippen molar-refractivity contribution >= 4 is 46.1 Å². The molecule has 3 N–H and O–H groups in total. The van der Waals surface area contributed by atoms with Gasteiger partial charge in [-0.2, -0.15) is 15.4 Å². The lowest BCUT2D eigenvalue weighted by Gasteiger charge is -2.34. The first-order chi connectivity index (χ1) is 15.0. The first-order valence-corrected chi connectivity index (χ1v) is 11.6. The van der Waals surface area contributed by atoms with Crippen LogP contribution in [0.15, 0.2) is 36.0 Å². The number of aldehydes is 1. The lowest BCUT2D eigenvalue weighted by Crippen LogP contribution is -2.51. The molecule has 0 saturated carbocycles. The predicted molar refractivity (Wildman–Crippen MR) is 118 cm³/mol. The molecule has 166 valence electrons. The van der Waals surface area contributed by atoms with Crippen molar-refractivity contribution < 1.29 is 13.4 Å². The van der Waals surface area contributed by atoms with Crippen LogP contribution in [0.3, 0.4) is 0 Å². The highest BCUT2D eigenvalue weighted by molar-refractivity contribution is 7.80. The second-order valence-corrected chi connectivity index (χ2v) is 9.00. The molecular weight excluding hydrogens is 465 g/mol. The van der Waals surface area contributed by atoms with Crippen molar-refractivity contribution in [3.05, 3.63) is 57.5 Å². The van der Waals surface area contributed by atoms with Gasteiger partial charge in [0, 0.05) is 37.3 Å². The van der Waals surface area contributed by atoms with Gasteiger partial charge < -0.3 is 10.1 Å². The molecule has 0 spiro atoms. The fourth-order valence-corrected chi connectivity index (χ4v) is 5.05. The lowest BCUT2D eigenvalue weighted by atomic mass is 10.1. The molecule has 0 aliphatic carbocycles. The third-order valence-corrected chi connectivity index (χ3v) is 7.02. The van der Waals surface area contributed by atoms with E-state index in [1.54, 1.807) is 29.8 Å². The predicted octanol–water partition coefficient (Wildman–Crippen LogP) is 2.51. The van der Waals surface area contributed by atoms with Crippen molar-refractivity contribution in [3.8, 4) is 0 Å². The number of benzene rings is 1. The molecule has 3 aromatic rings. The van der Waals surface area contributed by atoms with Gasteiger partial charge in [0.05, 0.1) is 29.0 Å². The molecule has 1 aliphatic heterocycles. The molecule has 2 aromatic heterocycles. The average Bonchev–Trinajstić information content (AvgIpc) is 3.49. The van der Waals surface area contributed by atoms with Crippen LogP contribution in [0.5, 0.6) is 0 Å². The van der Waals surface area contributed by atoms with Gasteiger partial charge in [0.2, 0.25) is 0 Å². The van der Waals surface area contributed by atoms with Gasteiger partial charge in [-0.25, -0.2) is 22.6 Å². The summed E-state index contributed by atoms with van der Waals surface area (Å²) >= 11 is 5.55. The van der Waals surface area contributed by atoms with E-state index >= 15 is 0 Å². The number of rotatable bonds is 6. The molecule has 9 nitrogen and oxygen atoms in total. The molecule has 1 saturated heterocycles. The molecule has 0 amide bonds. The van der Waals surface area contributed by atoms with E-state index in [1.807, 2.05) is 5.38 Å². The van der Waals surface area contributed by atoms with E-state index in [-0.39, 0.29) is 16.9 Å². The summed E-state index contributed by atoms with van der Waals surface area (Å²) in [5.41, 5.74) is 1.59. The molecule has 0 bridgehead atoms. The van der Waals surface area contributed by atoms with Gasteiger partial charge in [0.15, 0.2) is 11.2 Å². The summed E-state index contributed by atoms with van der Waals surface area (Å²) in [7, 11) is 1.75. The number of carbonyl (C=O) groups is 1. The molecular formula is C18H21ClFN7O2S2. The normalized spacial score (nSPS) is 21.2. The largest absolute Gasteiger partial charge is 0.388 e. The van der Waals surface area contributed by atoms with Crippen molar-refractivity contribution in [3.63, 3.8) is 0 Å². The van der Waals surface area contributed by atoms with Gasteiger partial charge >= 0.3 is 0 Å². The maximum absolute atomic E-state index is 12.5. The van der Waals surface area contributed by atoms with Gasteiger partial charge in [0.25, 0.3) is 0 Å². The quantitative estimate of drug-likeness (QED) is 0.462. The Bertz CT molecular complexity index is 991. The number of halogens is 2. The van der Waals surface area contributed by atoms with E-state index in [9.17, 15) is 13.4 Å². The summed E-state index contributed by atoms with van der Waals surface area (Å²) < 4.78 is 29.5. The molecule has 3 heterocycles. The number of aromatic nitrogens is 4. The summed E-state index contributed by atoms with van der Waals surface area (Å²) in [4.78, 5) is 15.6. The van der Waals surface area contributed by atoms with Gasteiger partial charge in [-0.1, -0.05) is 11.6 Å². The SMILES string of the molecule is CNc1ccc(F)c(Cl)c1.O=CC1CC(c2nccs2)NS(=O)N1CCc1cn[nH]n1. The number of thiazole rings is 1. The van der Waals surface area contributed by atoms with Crippen LogP contribution < -0.4 is 10.0 Å². The van der Waals surface area contributed by atoms with Crippen LogP contribution in [0, 0.1) is 5.82 Å². The Morgan fingerprint density at radius 1 is 1.48 bits per heavy atom. The zero-order chi connectivity index (χ0) is 22.2. The molecule has 3 atom stereocenters. The zero-order valence-electron chi connectivity index (χ0n) is 16.5. The smallest absolute Gasteiger partial charge is 0.171 e. The first-order valence-electron chi connectivity index (χ1n) is 9.28. The first kappa shape index (κ1) is 23.4. The second kappa shape index (κ2) is 11.4. The Morgan fingerprint density at radius 3 is 2.94 bits per heavy atom. The lowest BCUT2D eigenvalue weighted by molar-refractivity contribution is -0.111. The topological polar surface area (TPSA) is 116 Å². The van der Waals surface area contributed by atoms with Crippen LogP contribution in [0.4, 0.5) is 10.1 Å². The fraction of sp³-hybridized carbons (Fsp3) is 0.333. The van der Waals surface area contributed by atoms with Crippen molar-refractivity contribution in [2.75, 3.05) is 18.9 Å². The summed E-state index contributed by atoms with van der Waals surface area (Å²) in [6.07, 6.45) is 5.31. The van der Waals surface area contributed by atoms with Gasteiger partial charge in [0.1, 0.15) is 17.1 Å². The molecule has 13 heteroatoms. The van der Waals surface area contributed by atoms with Crippen LogP contribution in [0.25, 0.3) is 0 Å². The highest BCUT2D eigenvalue weighted by atomic mass is 35.5. The Kier molecular flexibility index (Phi) is 8.60. The third kappa shape index (κ3) is 6.37. The third-order valence-electron chi connectivity index (χ3n) is 4.47. The minimum atomic E-state index is -1.42. The monoisotopic (exact) mass is 485 g/mol. The van der Waals surface area contributed by atoms with Crippen LogP contribution >= 0.6 is 22.9 Å². The van der Waals surface area contributed by atoms with Crippen molar-refractivity contribution in [2.24, 2.45) is 0 Å². The molecule has 4 rings (SSSR count). The number of H-pyrrole nitrogens is 1. The maximum atomic E-state index is 12.5. The molecule has 0 radical (unpaired) electrons. The number of hydrogen-bond acceptors (Lipinski definition) is 7. The molecule has 3 unspecified atom stereocenters. The van der Waals surface area contributed by atoms with Crippen LogP contribution in [-0.4, -0.2) is 54.8 Å². The summed E-state index contributed by atoms with van der Waals surface area (Å²) in [6, 6.07) is 3.95. The second-order valence-electron chi connectivity index (χ2n) is 6.46. The number of nitrogens with zero attached hydrogens (tertiary/aromatic N) is 4. The summed E-state index contributed by atoms with van der Waals surface area (Å²) in [5.74, 6) is -0.388. The highest BCUT2D eigenvalue weighted by Crippen LogP contribution is 2.27. The zero-order valence-corrected chi connectivity index (χ0v) is 18.9. The number of nitrogens with one attached hydrogen (secondary N) is 3. The Labute approximate surface area is 190 Å². The summed E-state index contributed by atoms with van der Waals surface area (Å²) in [6.45, 7) is 0.472. The number of hydrogen-bond donors (Lipinski definition) is 3. The van der Waals surface area contributed by atoms with Crippen LogP contribution in [0.2, 0.25) is 5.02 Å². The Morgan fingerprint density at radius 2 is 2.32 bits per heavy atom. The summed E-state index contributed by atoms with van der Waals surface area (Å²) in [5, 5.41) is 15.9. The van der Waals surface area contributed by atoms with E-state index < -0.39 is 17.2 Å². The van der Waals surface area contributed by atoms with E-state index in [4.69, 9.17) is 11.6 Å². The standard InChI is InChI=1S/C11H14N6O2S2.C7H7ClFN/c18-7-9-5-10(11-12-2-4-20-11)15-21(19)17(9)3-1-8-6-13-16-14-8;1-10-5-2-3-7(9)6(8)4-5/h2,4,6-7,9-10,15H,1,3,5H2,(H,13,14,16);2-4,10H,1H3. The Hall–Kier alpha value is -2.25. The van der Waals surface area contributed by atoms with E-state index in [2.05, 4.69) is 30.4 Å². The van der Waals surface area contributed by atoms with Gasteiger partial charge in [-0.15, -0.1) is 11.3 Å². The fourth-order valence-electron chi connectivity index (χ4n) is 2.87. The molecule has 1 fully saturated rings. The highest BCUT2D eigenvalue weighted by Gasteiger charge is 2.34. The average molecular weight is 486 g/mol. The van der Waals surface area contributed by atoms with Crippen molar-refractivity contribution in [2.45, 2.75) is 24.9 Å². The number of anilines is 1. The van der Waals surface area contributed by atoms with E-state index in [0.29, 0.717) is 19.4 Å². The van der Waals surface area contributed by atoms with E-state index in [0.717, 1.165) is 22.7 Å². The van der Waals surface area contributed by atoms with Gasteiger partial charge in [-0.05, 0) is 24.6 Å². The minimum absolute atomic E-state index is 0.145. The molecule has 1 aliphatic rings. The maximum Gasteiger partial charge on any atom is 0.171 e. The van der Waals surface area contributed by atoms with Crippen molar-refractivity contribution in [1.29, 1.82) is 0 Å². The van der Waals surface area contributed by atoms with Crippen LogP contribution in [-0.2, 0) is 22.4 Å². The Balaban J connectivity index is 0.000000229. The number of carbonyl (C=O) groups excluding carboxylic acids is 1. The molecule has 1 aromatic carbocycles. The van der Waals surface area contributed by atoms with Crippen molar-refractivity contribution in [1.82, 2.24) is 29.4 Å².